The molecule has 0 aliphatic heterocycles. The summed E-state index contributed by atoms with van der Waals surface area (Å²) in [6.07, 6.45) is 0.756. The molecule has 0 spiro atoms. The van der Waals surface area contributed by atoms with Crippen LogP contribution in [0, 0.1) is 11.8 Å². The summed E-state index contributed by atoms with van der Waals surface area (Å²) in [7, 11) is 0. The Morgan fingerprint density at radius 1 is 1.46 bits per heavy atom. The van der Waals surface area contributed by atoms with Gasteiger partial charge in [-0.2, -0.15) is 0 Å². The van der Waals surface area contributed by atoms with Gasteiger partial charge in [-0.3, -0.25) is 0 Å². The lowest BCUT2D eigenvalue weighted by Gasteiger charge is -1.96. The molecule has 0 radical (unpaired) electrons. The van der Waals surface area contributed by atoms with Crippen LogP contribution in [0.2, 0.25) is 5.02 Å². The molecule has 0 amide bonds. The maximum Gasteiger partial charge on any atom is 0.131 e. The van der Waals surface area contributed by atoms with E-state index in [9.17, 15) is 5.11 Å². The Morgan fingerprint density at radius 3 is 2.92 bits per heavy atom. The summed E-state index contributed by atoms with van der Waals surface area (Å²) >= 11 is 9.01. The van der Waals surface area contributed by atoms with Crippen LogP contribution in [0.25, 0.3) is 0 Å². The number of phenolic OH excluding ortho intramolecular Hbond substituents is 1. The van der Waals surface area contributed by atoms with Gasteiger partial charge in [-0.25, -0.2) is 0 Å². The van der Waals surface area contributed by atoms with Crippen molar-refractivity contribution in [2.24, 2.45) is 0 Å². The average molecular weight is 260 g/mol. The van der Waals surface area contributed by atoms with Gasteiger partial charge >= 0.3 is 0 Å². The van der Waals surface area contributed by atoms with Crippen molar-refractivity contribution in [1.29, 1.82) is 0 Å². The minimum absolute atomic E-state index is 0.173. The van der Waals surface area contributed by atoms with Crippen LogP contribution in [-0.2, 0) is 0 Å². The molecule has 0 saturated carbocycles. The number of aromatic hydroxyl groups is 1. The molecule has 13 heavy (non-hydrogen) atoms. The lowest BCUT2D eigenvalue weighted by Crippen LogP contribution is -1.76. The lowest BCUT2D eigenvalue weighted by atomic mass is 10.2. The quantitative estimate of drug-likeness (QED) is 0.607. The Bertz CT molecular complexity index is 352. The molecule has 3 heteroatoms. The summed E-state index contributed by atoms with van der Waals surface area (Å²) in [5.41, 5.74) is 0.577. The number of hydrogen-bond donors (Lipinski definition) is 1. The monoisotopic (exact) mass is 258 g/mol. The second-order valence-electron chi connectivity index (χ2n) is 2.40. The van der Waals surface area contributed by atoms with Gasteiger partial charge in [0.05, 0.1) is 5.56 Å². The Kier molecular flexibility index (Phi) is 4.14. The first-order valence-electron chi connectivity index (χ1n) is 3.77. The van der Waals surface area contributed by atoms with E-state index in [-0.39, 0.29) is 5.75 Å². The highest BCUT2D eigenvalue weighted by molar-refractivity contribution is 9.09. The van der Waals surface area contributed by atoms with Crippen LogP contribution in [0.15, 0.2) is 18.2 Å². The number of halogens is 2. The van der Waals surface area contributed by atoms with Gasteiger partial charge < -0.3 is 5.11 Å². The highest BCUT2D eigenvalue weighted by Gasteiger charge is 1.97. The van der Waals surface area contributed by atoms with Crippen molar-refractivity contribution in [2.45, 2.75) is 6.42 Å². The van der Waals surface area contributed by atoms with Gasteiger partial charge in [-0.05, 0) is 18.2 Å². The summed E-state index contributed by atoms with van der Waals surface area (Å²) in [6.45, 7) is 0. The SMILES string of the molecule is Oc1ccc(Cl)cc1C#CCCBr. The Hall–Kier alpha value is -0.650. The molecule has 0 aromatic heterocycles. The summed E-state index contributed by atoms with van der Waals surface area (Å²) in [5.74, 6) is 5.92. The zero-order valence-corrected chi connectivity index (χ0v) is 9.19. The van der Waals surface area contributed by atoms with E-state index < -0.39 is 0 Å². The molecule has 1 rings (SSSR count). The summed E-state index contributed by atoms with van der Waals surface area (Å²) in [4.78, 5) is 0. The van der Waals surface area contributed by atoms with Crippen molar-refractivity contribution in [3.05, 3.63) is 28.8 Å². The maximum atomic E-state index is 9.36. The van der Waals surface area contributed by atoms with E-state index in [0.717, 1.165) is 11.8 Å². The van der Waals surface area contributed by atoms with Crippen molar-refractivity contribution < 1.29 is 5.11 Å². The molecule has 0 heterocycles. The minimum atomic E-state index is 0.173. The molecular formula is C10H8BrClO. The number of phenols is 1. The number of hydrogen-bond acceptors (Lipinski definition) is 1. The Labute approximate surface area is 90.9 Å². The second-order valence-corrected chi connectivity index (χ2v) is 3.63. The van der Waals surface area contributed by atoms with Crippen molar-refractivity contribution in [3.8, 4) is 17.6 Å². The number of rotatable bonds is 1. The Morgan fingerprint density at radius 2 is 2.23 bits per heavy atom. The third-order valence-electron chi connectivity index (χ3n) is 1.40. The molecule has 0 atom stereocenters. The minimum Gasteiger partial charge on any atom is -0.507 e. The third kappa shape index (κ3) is 3.30. The van der Waals surface area contributed by atoms with E-state index >= 15 is 0 Å². The Balaban J connectivity index is 2.89. The van der Waals surface area contributed by atoms with Gasteiger partial charge in [0.1, 0.15) is 5.75 Å². The summed E-state index contributed by atoms with van der Waals surface area (Å²) < 4.78 is 0. The standard InChI is InChI=1S/C10H8BrClO/c11-6-2-1-3-8-7-9(12)4-5-10(8)13/h4-5,7,13H,2,6H2. The molecule has 1 nitrogen and oxygen atoms in total. The van der Waals surface area contributed by atoms with Crippen LogP contribution in [0.3, 0.4) is 0 Å². The fourth-order valence-electron chi connectivity index (χ4n) is 0.813. The zero-order valence-electron chi connectivity index (χ0n) is 6.85. The van der Waals surface area contributed by atoms with Gasteiger partial charge in [0.2, 0.25) is 0 Å². The fraction of sp³-hybridized carbons (Fsp3) is 0.200. The number of benzene rings is 1. The first kappa shape index (κ1) is 10.4. The second kappa shape index (κ2) is 5.16. The van der Waals surface area contributed by atoms with Crippen LogP contribution < -0.4 is 0 Å². The molecule has 1 aromatic rings. The molecule has 1 N–H and O–H groups in total. The molecule has 0 aliphatic rings. The molecule has 1 aromatic carbocycles. The molecule has 0 bridgehead atoms. The van der Waals surface area contributed by atoms with Gasteiger partial charge in [0, 0.05) is 16.8 Å². The third-order valence-corrected chi connectivity index (χ3v) is 2.03. The highest BCUT2D eigenvalue weighted by Crippen LogP contribution is 2.20. The van der Waals surface area contributed by atoms with Crippen LogP contribution in [0.5, 0.6) is 5.75 Å². The summed E-state index contributed by atoms with van der Waals surface area (Å²) in [6, 6.07) is 4.82. The fourth-order valence-corrected chi connectivity index (χ4v) is 1.18. The van der Waals surface area contributed by atoms with Gasteiger partial charge in [-0.1, -0.05) is 39.4 Å². The van der Waals surface area contributed by atoms with E-state index in [2.05, 4.69) is 27.8 Å². The lowest BCUT2D eigenvalue weighted by molar-refractivity contribution is 0.473. The van der Waals surface area contributed by atoms with Crippen molar-refractivity contribution in [1.82, 2.24) is 0 Å². The van der Waals surface area contributed by atoms with Crippen LogP contribution in [0.4, 0.5) is 0 Å². The predicted octanol–water partition coefficient (Wildman–Crippen LogP) is 3.18. The van der Waals surface area contributed by atoms with Crippen LogP contribution in [-0.4, -0.2) is 10.4 Å². The zero-order chi connectivity index (χ0) is 9.68. The maximum absolute atomic E-state index is 9.36. The van der Waals surface area contributed by atoms with E-state index in [1.165, 1.54) is 0 Å². The molecule has 68 valence electrons. The topological polar surface area (TPSA) is 20.2 Å². The van der Waals surface area contributed by atoms with Crippen LogP contribution >= 0.6 is 27.5 Å². The first-order chi connectivity index (χ1) is 6.24. The largest absolute Gasteiger partial charge is 0.507 e. The van der Waals surface area contributed by atoms with E-state index in [1.54, 1.807) is 18.2 Å². The van der Waals surface area contributed by atoms with Gasteiger partial charge in [0.15, 0.2) is 0 Å². The molecule has 0 saturated heterocycles. The van der Waals surface area contributed by atoms with Crippen LogP contribution in [0.1, 0.15) is 12.0 Å². The molecule has 0 aliphatic carbocycles. The molecular weight excluding hydrogens is 251 g/mol. The van der Waals surface area contributed by atoms with E-state index in [0.29, 0.717) is 10.6 Å². The molecule has 0 unspecified atom stereocenters. The highest BCUT2D eigenvalue weighted by atomic mass is 79.9. The molecule has 0 fully saturated rings. The first-order valence-corrected chi connectivity index (χ1v) is 5.27. The van der Waals surface area contributed by atoms with Crippen molar-refractivity contribution in [2.75, 3.05) is 5.33 Å². The van der Waals surface area contributed by atoms with Gasteiger partial charge in [0.25, 0.3) is 0 Å². The van der Waals surface area contributed by atoms with Gasteiger partial charge in [-0.15, -0.1) is 0 Å². The van der Waals surface area contributed by atoms with E-state index in [1.807, 2.05) is 0 Å². The number of alkyl halides is 1. The van der Waals surface area contributed by atoms with E-state index in [4.69, 9.17) is 11.6 Å². The normalized spacial score (nSPS) is 9.08. The predicted molar refractivity (Wildman–Crippen MR) is 58.4 cm³/mol. The average Bonchev–Trinajstić information content (AvgIpc) is 2.11. The van der Waals surface area contributed by atoms with Crippen molar-refractivity contribution in [3.63, 3.8) is 0 Å². The van der Waals surface area contributed by atoms with Crippen molar-refractivity contribution >= 4 is 27.5 Å². The summed E-state index contributed by atoms with van der Waals surface area (Å²) in [5, 5.41) is 10.8. The smallest absolute Gasteiger partial charge is 0.131 e.